The van der Waals surface area contributed by atoms with Crippen molar-refractivity contribution in [2.75, 3.05) is 6.79 Å². The summed E-state index contributed by atoms with van der Waals surface area (Å²) in [7, 11) is 0. The van der Waals surface area contributed by atoms with Crippen LogP contribution in [0.5, 0.6) is 23.0 Å². The number of ether oxygens (including phenoxy) is 2. The first-order chi connectivity index (χ1) is 17.8. The fourth-order valence-electron chi connectivity index (χ4n) is 4.60. The van der Waals surface area contributed by atoms with Gasteiger partial charge in [-0.05, 0) is 30.3 Å². The molecule has 0 spiro atoms. The van der Waals surface area contributed by atoms with Gasteiger partial charge in [-0.3, -0.25) is 10.1 Å². The van der Waals surface area contributed by atoms with E-state index in [0.29, 0.717) is 0 Å². The molecule has 1 aliphatic rings. The SMILES string of the molecule is O=c1oc2ccccc2c(O)c1C(c1cc2c(cc1[N+](=O)[O-])OCO2)c1c(O)c2ccccc2oc1=O. The smallest absolute Gasteiger partial charge is 0.344 e. The lowest BCUT2D eigenvalue weighted by Gasteiger charge is -2.20. The molecule has 0 radical (unpaired) electrons. The summed E-state index contributed by atoms with van der Waals surface area (Å²) in [5.41, 5.74) is -3.81. The Labute approximate surface area is 205 Å². The maximum atomic E-state index is 13.3. The van der Waals surface area contributed by atoms with E-state index in [4.69, 9.17) is 18.3 Å². The van der Waals surface area contributed by atoms with Gasteiger partial charge in [0.2, 0.25) is 6.79 Å². The molecule has 0 bridgehead atoms. The van der Waals surface area contributed by atoms with Gasteiger partial charge >= 0.3 is 11.3 Å². The largest absolute Gasteiger partial charge is 0.507 e. The Bertz CT molecular complexity index is 1770. The molecule has 0 saturated carbocycles. The van der Waals surface area contributed by atoms with Crippen LogP contribution in [0.3, 0.4) is 0 Å². The van der Waals surface area contributed by atoms with Crippen LogP contribution in [0.25, 0.3) is 21.9 Å². The first kappa shape index (κ1) is 22.2. The molecular weight excluding hydrogens is 486 g/mol. The Kier molecular flexibility index (Phi) is 4.87. The lowest BCUT2D eigenvalue weighted by molar-refractivity contribution is -0.385. The molecule has 37 heavy (non-hydrogen) atoms. The zero-order chi connectivity index (χ0) is 25.8. The number of para-hydroxylation sites is 2. The van der Waals surface area contributed by atoms with Crippen LogP contribution in [0, 0.1) is 10.1 Å². The van der Waals surface area contributed by atoms with Gasteiger partial charge in [0.1, 0.15) is 22.7 Å². The Morgan fingerprint density at radius 1 is 0.784 bits per heavy atom. The van der Waals surface area contributed by atoms with Crippen LogP contribution in [-0.4, -0.2) is 21.9 Å². The fraction of sp³-hybridized carbons (Fsp3) is 0.0769. The van der Waals surface area contributed by atoms with Crippen LogP contribution in [-0.2, 0) is 0 Å². The average Bonchev–Trinajstić information content (AvgIpc) is 3.34. The summed E-state index contributed by atoms with van der Waals surface area (Å²) in [6.07, 6.45) is 0. The molecule has 0 saturated heterocycles. The Morgan fingerprint density at radius 3 is 1.78 bits per heavy atom. The van der Waals surface area contributed by atoms with Crippen LogP contribution in [0.4, 0.5) is 5.69 Å². The van der Waals surface area contributed by atoms with Gasteiger partial charge in [-0.1, -0.05) is 24.3 Å². The Hall–Kier alpha value is -5.32. The molecule has 0 fully saturated rings. The zero-order valence-corrected chi connectivity index (χ0v) is 18.7. The van der Waals surface area contributed by atoms with E-state index in [1.54, 1.807) is 24.3 Å². The van der Waals surface area contributed by atoms with E-state index < -0.39 is 50.4 Å². The van der Waals surface area contributed by atoms with Crippen LogP contribution in [0.1, 0.15) is 22.6 Å². The molecule has 0 atom stereocenters. The average molecular weight is 501 g/mol. The lowest BCUT2D eigenvalue weighted by atomic mass is 9.83. The van der Waals surface area contributed by atoms with Crippen molar-refractivity contribution in [2.45, 2.75) is 5.92 Å². The van der Waals surface area contributed by atoms with Crippen LogP contribution >= 0.6 is 0 Å². The fourth-order valence-corrected chi connectivity index (χ4v) is 4.60. The second-order valence-electron chi connectivity index (χ2n) is 8.25. The number of rotatable bonds is 4. The third-order valence-corrected chi connectivity index (χ3v) is 6.25. The van der Waals surface area contributed by atoms with Crippen molar-refractivity contribution < 1.29 is 33.4 Å². The van der Waals surface area contributed by atoms with Gasteiger partial charge in [0.15, 0.2) is 11.5 Å². The number of aromatic hydroxyl groups is 2. The van der Waals surface area contributed by atoms with E-state index in [2.05, 4.69) is 0 Å². The predicted molar refractivity (Wildman–Crippen MR) is 128 cm³/mol. The first-order valence-corrected chi connectivity index (χ1v) is 10.9. The van der Waals surface area contributed by atoms with E-state index in [0.717, 1.165) is 6.07 Å². The monoisotopic (exact) mass is 501 g/mol. The number of nitrogens with zero attached hydrogens (tertiary/aromatic N) is 1. The summed E-state index contributed by atoms with van der Waals surface area (Å²) in [5, 5.41) is 34.9. The van der Waals surface area contributed by atoms with Gasteiger partial charge in [0, 0.05) is 5.56 Å². The number of nitro groups is 1. The van der Waals surface area contributed by atoms with Crippen molar-refractivity contribution in [1.82, 2.24) is 0 Å². The number of nitro benzene ring substituents is 1. The maximum absolute atomic E-state index is 13.3. The van der Waals surface area contributed by atoms with Gasteiger partial charge in [-0.15, -0.1) is 0 Å². The van der Waals surface area contributed by atoms with Crippen molar-refractivity contribution >= 4 is 27.6 Å². The van der Waals surface area contributed by atoms with Crippen LogP contribution in [0.15, 0.2) is 79.1 Å². The Morgan fingerprint density at radius 2 is 1.27 bits per heavy atom. The van der Waals surface area contributed by atoms with Crippen molar-refractivity contribution in [3.8, 4) is 23.0 Å². The quantitative estimate of drug-likeness (QED) is 0.208. The van der Waals surface area contributed by atoms with Crippen molar-refractivity contribution in [2.24, 2.45) is 0 Å². The van der Waals surface area contributed by atoms with Crippen molar-refractivity contribution in [3.63, 3.8) is 0 Å². The summed E-state index contributed by atoms with van der Waals surface area (Å²) in [6, 6.07) is 14.5. The van der Waals surface area contributed by atoms with Gasteiger partial charge in [0.05, 0.1) is 38.8 Å². The highest BCUT2D eigenvalue weighted by atomic mass is 16.7. The second-order valence-corrected chi connectivity index (χ2v) is 8.25. The van der Waals surface area contributed by atoms with Gasteiger partial charge in [-0.25, -0.2) is 9.59 Å². The Balaban J connectivity index is 1.78. The summed E-state index contributed by atoms with van der Waals surface area (Å²) in [6.45, 7) is -0.201. The number of fused-ring (bicyclic) bond motifs is 3. The van der Waals surface area contributed by atoms with Crippen molar-refractivity contribution in [1.29, 1.82) is 0 Å². The summed E-state index contributed by atoms with van der Waals surface area (Å²) < 4.78 is 21.4. The second kappa shape index (κ2) is 8.12. The van der Waals surface area contributed by atoms with Crippen molar-refractivity contribution in [3.05, 3.63) is 108 Å². The molecule has 1 aliphatic heterocycles. The molecule has 0 amide bonds. The molecule has 2 aromatic heterocycles. The maximum Gasteiger partial charge on any atom is 0.344 e. The van der Waals surface area contributed by atoms with E-state index in [9.17, 15) is 29.9 Å². The summed E-state index contributed by atoms with van der Waals surface area (Å²) in [5.74, 6) is -2.64. The molecule has 3 aromatic carbocycles. The molecule has 5 aromatic rings. The van der Waals surface area contributed by atoms with Crippen LogP contribution in [0.2, 0.25) is 0 Å². The van der Waals surface area contributed by atoms with E-state index in [1.807, 2.05) is 0 Å². The van der Waals surface area contributed by atoms with E-state index in [-0.39, 0.29) is 45.8 Å². The summed E-state index contributed by atoms with van der Waals surface area (Å²) in [4.78, 5) is 38.0. The highest BCUT2D eigenvalue weighted by Gasteiger charge is 2.38. The molecule has 0 aliphatic carbocycles. The standard InChI is InChI=1S/C26H15NO10/c28-23-12-5-1-3-7-16(12)36-25(30)21(23)20(14-9-18-19(35-11-34-18)10-15(14)27(32)33)22-24(29)13-6-2-4-8-17(13)37-26(22)31/h1-10,20,28-29H,11H2. The number of hydrogen-bond donors (Lipinski definition) is 2. The predicted octanol–water partition coefficient (Wildman–Crippen LogP) is 4.13. The molecular formula is C26H15NO10. The molecule has 0 unspecified atom stereocenters. The van der Waals surface area contributed by atoms with E-state index in [1.165, 1.54) is 30.3 Å². The highest BCUT2D eigenvalue weighted by molar-refractivity contribution is 5.87. The lowest BCUT2D eigenvalue weighted by Crippen LogP contribution is -2.22. The minimum Gasteiger partial charge on any atom is -0.507 e. The van der Waals surface area contributed by atoms with Gasteiger partial charge in [-0.2, -0.15) is 0 Å². The molecule has 3 heterocycles. The normalized spacial score (nSPS) is 12.5. The third-order valence-electron chi connectivity index (χ3n) is 6.25. The third kappa shape index (κ3) is 3.36. The first-order valence-electron chi connectivity index (χ1n) is 10.9. The van der Waals surface area contributed by atoms with Crippen LogP contribution < -0.4 is 20.7 Å². The highest BCUT2D eigenvalue weighted by Crippen LogP contribution is 2.48. The van der Waals surface area contributed by atoms with E-state index >= 15 is 0 Å². The molecule has 2 N–H and O–H groups in total. The number of benzene rings is 3. The number of hydrogen-bond acceptors (Lipinski definition) is 10. The molecule has 184 valence electrons. The molecule has 6 rings (SSSR count). The minimum atomic E-state index is -1.68. The molecule has 11 heteroatoms. The van der Waals surface area contributed by atoms with Gasteiger partial charge < -0.3 is 28.5 Å². The zero-order valence-electron chi connectivity index (χ0n) is 18.7. The summed E-state index contributed by atoms with van der Waals surface area (Å²) >= 11 is 0. The molecule has 11 nitrogen and oxygen atoms in total. The van der Waals surface area contributed by atoms with Gasteiger partial charge in [0.25, 0.3) is 5.69 Å². The topological polar surface area (TPSA) is 162 Å². The minimum absolute atomic E-state index is 0.0578.